The summed E-state index contributed by atoms with van der Waals surface area (Å²) in [6.07, 6.45) is -4.26. The van der Waals surface area contributed by atoms with E-state index in [4.69, 9.17) is 9.97 Å². The number of hydrogen-bond donors (Lipinski definition) is 0. The third-order valence-electron chi connectivity index (χ3n) is 9.15. The van der Waals surface area contributed by atoms with Crippen LogP contribution in [0.25, 0.3) is 33.9 Å². The van der Waals surface area contributed by atoms with Crippen molar-refractivity contribution in [2.75, 3.05) is 0 Å². The van der Waals surface area contributed by atoms with Gasteiger partial charge in [0, 0.05) is 11.4 Å². The maximum atomic E-state index is 13.9. The largest absolute Gasteiger partial charge is 2.00 e. The molecule has 0 spiro atoms. The summed E-state index contributed by atoms with van der Waals surface area (Å²) in [4.78, 5) is 10.2. The molecule has 4 aromatic heterocycles. The third-order valence-corrected chi connectivity index (χ3v) is 9.15. The molecule has 280 valence electrons. The van der Waals surface area contributed by atoms with E-state index < -0.39 is 29.2 Å². The van der Waals surface area contributed by atoms with Crippen molar-refractivity contribution in [2.45, 2.75) is 17.8 Å². The summed E-state index contributed by atoms with van der Waals surface area (Å²) < 4.78 is 85.2. The number of benzene rings is 4. The van der Waals surface area contributed by atoms with Crippen LogP contribution in [-0.4, -0.2) is 29.5 Å². The average Bonchev–Trinajstić information content (AvgIpc) is 3.92. The zero-order valence-electron chi connectivity index (χ0n) is 28.8. The van der Waals surface area contributed by atoms with Crippen molar-refractivity contribution in [2.24, 2.45) is 0 Å². The third kappa shape index (κ3) is 7.08. The van der Waals surface area contributed by atoms with Crippen LogP contribution in [0.3, 0.4) is 0 Å². The summed E-state index contributed by atoms with van der Waals surface area (Å²) in [6, 6.07) is 45.1. The molecule has 4 aromatic carbocycles. The smallest absolute Gasteiger partial charge is 0.343 e. The van der Waals surface area contributed by atoms with Crippen molar-refractivity contribution < 1.29 is 47.4 Å². The fraction of sp³-hybridized carbons (Fsp3) is 0.0698. The predicted molar refractivity (Wildman–Crippen MR) is 193 cm³/mol. The summed E-state index contributed by atoms with van der Waals surface area (Å²) in [7, 11) is 0. The van der Waals surface area contributed by atoms with E-state index in [9.17, 15) is 26.3 Å². The van der Waals surface area contributed by atoms with Gasteiger partial charge in [-0.2, -0.15) is 26.3 Å². The number of rotatable bonds is 8. The molecular weight excluding hydrogens is 910 g/mol. The standard InChI is InChI=1S/C43H26F6N6.Pt/c44-42(45,46)37-25-27-54(52-37)39-33(29-13-5-1-6-14-29)21-23-35(50-39)41(31-17-9-3-10-18-31,32-19-11-4-12-20-32)36-24-22-34(30-15-7-2-8-16-30)40(51-36)55-28-26-38(53-55)43(47,48)49;/h1-26H;/q-2;+2. The van der Waals surface area contributed by atoms with Gasteiger partial charge in [0.25, 0.3) is 0 Å². The minimum absolute atomic E-state index is 0. The maximum Gasteiger partial charge on any atom is 2.00 e. The molecule has 6 nitrogen and oxygen atoms in total. The van der Waals surface area contributed by atoms with Crippen molar-refractivity contribution in [3.8, 4) is 33.9 Å². The van der Waals surface area contributed by atoms with Gasteiger partial charge in [-0.25, -0.2) is 0 Å². The Balaban J connectivity index is 0.00000480. The Morgan fingerprint density at radius 1 is 0.411 bits per heavy atom. The van der Waals surface area contributed by atoms with Crippen LogP contribution in [0.5, 0.6) is 0 Å². The first kappa shape index (κ1) is 38.2. The molecule has 13 heteroatoms. The molecule has 0 aliphatic rings. The van der Waals surface area contributed by atoms with E-state index in [1.165, 1.54) is 0 Å². The first-order valence-corrected chi connectivity index (χ1v) is 16.9. The van der Waals surface area contributed by atoms with Crippen LogP contribution < -0.4 is 0 Å². The molecular formula is C43H26F6N6Pt. The summed E-state index contributed by atoms with van der Waals surface area (Å²) in [5.41, 5.74) is 0.598. The van der Waals surface area contributed by atoms with Crippen LogP contribution in [0.2, 0.25) is 0 Å². The van der Waals surface area contributed by atoms with Crippen LogP contribution in [0.15, 0.2) is 158 Å². The van der Waals surface area contributed by atoms with Gasteiger partial charge in [-0.15, -0.1) is 12.1 Å². The fourth-order valence-corrected chi connectivity index (χ4v) is 6.66. The predicted octanol–water partition coefficient (Wildman–Crippen LogP) is 10.2. The Morgan fingerprint density at radius 3 is 1.07 bits per heavy atom. The second kappa shape index (κ2) is 15.2. The molecule has 0 saturated carbocycles. The van der Waals surface area contributed by atoms with E-state index in [1.54, 1.807) is 48.5 Å². The molecule has 0 aliphatic heterocycles. The van der Waals surface area contributed by atoms with Crippen LogP contribution in [-0.2, 0) is 38.8 Å². The SMILES string of the molecule is FC(F)(F)c1c[c-]n(-c2nc(C(c3ccccc3)(c3ccccc3)c3ccc(-c4ccccc4)c(-n4[c-]cc(C(F)(F)F)n4)n3)ccc2-c2ccccc2)n1.[Pt+2]. The topological polar surface area (TPSA) is 61.4 Å². The van der Waals surface area contributed by atoms with Crippen LogP contribution >= 0.6 is 0 Å². The number of aromatic nitrogens is 6. The Hall–Kier alpha value is -6.13. The van der Waals surface area contributed by atoms with Crippen molar-refractivity contribution in [1.82, 2.24) is 29.5 Å². The Bertz CT molecular complexity index is 2390. The number of pyridine rings is 2. The number of nitrogens with zero attached hydrogens (tertiary/aromatic N) is 6. The minimum Gasteiger partial charge on any atom is -0.343 e. The monoisotopic (exact) mass is 935 g/mol. The van der Waals surface area contributed by atoms with Gasteiger partial charge in [-0.05, 0) is 45.5 Å². The van der Waals surface area contributed by atoms with Gasteiger partial charge >= 0.3 is 33.4 Å². The Labute approximate surface area is 331 Å². The quantitative estimate of drug-likeness (QED) is 0.113. The molecule has 8 aromatic rings. The minimum atomic E-state index is -4.74. The van der Waals surface area contributed by atoms with E-state index in [0.717, 1.165) is 21.5 Å². The van der Waals surface area contributed by atoms with Crippen LogP contribution in [0.4, 0.5) is 26.3 Å². The van der Waals surface area contributed by atoms with Crippen molar-refractivity contribution >= 4 is 0 Å². The Kier molecular flexibility index (Phi) is 10.3. The van der Waals surface area contributed by atoms with Crippen LogP contribution in [0.1, 0.15) is 33.9 Å². The van der Waals surface area contributed by atoms with Gasteiger partial charge in [0.05, 0.1) is 23.0 Å². The average molecular weight is 936 g/mol. The summed E-state index contributed by atoms with van der Waals surface area (Å²) >= 11 is 0. The summed E-state index contributed by atoms with van der Waals surface area (Å²) in [5.74, 6) is 0.124. The number of hydrogen-bond acceptors (Lipinski definition) is 4. The number of alkyl halides is 6. The van der Waals surface area contributed by atoms with Gasteiger partial charge < -0.3 is 9.36 Å². The van der Waals surface area contributed by atoms with E-state index >= 15 is 0 Å². The molecule has 0 amide bonds. The maximum absolute atomic E-state index is 13.9. The molecule has 0 aliphatic carbocycles. The zero-order chi connectivity index (χ0) is 38.2. The molecule has 0 bridgehead atoms. The molecule has 0 saturated heterocycles. The molecule has 56 heavy (non-hydrogen) atoms. The van der Waals surface area contributed by atoms with Crippen molar-refractivity contribution in [3.63, 3.8) is 0 Å². The van der Waals surface area contributed by atoms with E-state index in [2.05, 4.69) is 22.6 Å². The first-order chi connectivity index (χ1) is 26.5. The second-order valence-corrected chi connectivity index (χ2v) is 12.5. The van der Waals surface area contributed by atoms with E-state index in [0.29, 0.717) is 44.8 Å². The normalized spacial score (nSPS) is 12.0. The van der Waals surface area contributed by atoms with Gasteiger partial charge in [-0.1, -0.05) is 146 Å². The molecule has 0 atom stereocenters. The van der Waals surface area contributed by atoms with Gasteiger partial charge in [0.1, 0.15) is 5.41 Å². The molecule has 0 radical (unpaired) electrons. The molecule has 4 heterocycles. The number of halogens is 6. The van der Waals surface area contributed by atoms with Gasteiger partial charge in [0.15, 0.2) is 0 Å². The molecule has 0 fully saturated rings. The first-order valence-electron chi connectivity index (χ1n) is 16.9. The Morgan fingerprint density at radius 2 is 0.750 bits per heavy atom. The fourth-order valence-electron chi connectivity index (χ4n) is 6.66. The molecule has 0 unspecified atom stereocenters. The van der Waals surface area contributed by atoms with Gasteiger partial charge in [-0.3, -0.25) is 20.2 Å². The molecule has 8 rings (SSSR count). The second-order valence-electron chi connectivity index (χ2n) is 12.5. The summed E-state index contributed by atoms with van der Waals surface area (Å²) in [5, 5.41) is 7.70. The zero-order valence-corrected chi connectivity index (χ0v) is 31.1. The summed E-state index contributed by atoms with van der Waals surface area (Å²) in [6.45, 7) is 0. The molecule has 0 N–H and O–H groups in total. The van der Waals surface area contributed by atoms with Crippen molar-refractivity contribution in [1.29, 1.82) is 0 Å². The van der Waals surface area contributed by atoms with Crippen molar-refractivity contribution in [3.05, 3.63) is 204 Å². The van der Waals surface area contributed by atoms with E-state index in [1.807, 2.05) is 97.1 Å². The van der Waals surface area contributed by atoms with Crippen LogP contribution in [0, 0.1) is 12.4 Å². The van der Waals surface area contributed by atoms with E-state index in [-0.39, 0.29) is 32.7 Å². The van der Waals surface area contributed by atoms with Gasteiger partial charge in [0.2, 0.25) is 0 Å².